The lowest BCUT2D eigenvalue weighted by Gasteiger charge is -2.06. The topological polar surface area (TPSA) is 25.0 Å². The van der Waals surface area contributed by atoms with Crippen molar-refractivity contribution in [3.63, 3.8) is 0 Å². The van der Waals surface area contributed by atoms with Gasteiger partial charge < -0.3 is 9.72 Å². The van der Waals surface area contributed by atoms with Crippen LogP contribution in [0.4, 0.5) is 0 Å². The van der Waals surface area contributed by atoms with Gasteiger partial charge in [-0.1, -0.05) is 42.5 Å². The van der Waals surface area contributed by atoms with E-state index in [2.05, 4.69) is 54.4 Å². The zero-order valence-electron chi connectivity index (χ0n) is 12.5. The van der Waals surface area contributed by atoms with Gasteiger partial charge in [0.15, 0.2) is 0 Å². The molecule has 0 aliphatic carbocycles. The molecule has 4 rings (SSSR count). The zero-order valence-corrected chi connectivity index (χ0v) is 12.5. The van der Waals surface area contributed by atoms with E-state index in [1.165, 1.54) is 27.4 Å². The van der Waals surface area contributed by atoms with E-state index in [0.717, 1.165) is 11.3 Å². The fraction of sp³-hybridized carbons (Fsp3) is 0.100. The summed E-state index contributed by atoms with van der Waals surface area (Å²) in [5.74, 6) is 0.901. The van der Waals surface area contributed by atoms with Crippen LogP contribution >= 0.6 is 0 Å². The van der Waals surface area contributed by atoms with E-state index in [1.54, 1.807) is 0 Å². The first-order valence-corrected chi connectivity index (χ1v) is 7.48. The van der Waals surface area contributed by atoms with Gasteiger partial charge in [0, 0.05) is 21.8 Å². The molecule has 0 bridgehead atoms. The van der Waals surface area contributed by atoms with Crippen molar-refractivity contribution in [3.05, 3.63) is 77.9 Å². The third kappa shape index (κ3) is 2.33. The fourth-order valence-corrected chi connectivity index (χ4v) is 2.83. The molecule has 4 aromatic rings. The molecule has 0 spiro atoms. The molecule has 0 saturated carbocycles. The van der Waals surface area contributed by atoms with Crippen LogP contribution in [0.5, 0.6) is 5.75 Å². The van der Waals surface area contributed by atoms with Crippen molar-refractivity contribution < 1.29 is 4.74 Å². The van der Waals surface area contributed by atoms with Gasteiger partial charge in [0.25, 0.3) is 0 Å². The Kier molecular flexibility index (Phi) is 3.08. The second-order valence-electron chi connectivity index (χ2n) is 5.66. The number of nitrogens with one attached hydrogen (secondary N) is 1. The normalized spacial score (nSPS) is 11.1. The highest BCUT2D eigenvalue weighted by Gasteiger charge is 2.06. The minimum atomic E-state index is 0.591. The molecule has 2 nitrogen and oxygen atoms in total. The number of fused-ring (bicyclic) bond motifs is 3. The van der Waals surface area contributed by atoms with Gasteiger partial charge in [-0.15, -0.1) is 0 Å². The van der Waals surface area contributed by atoms with Crippen molar-refractivity contribution in [2.24, 2.45) is 0 Å². The van der Waals surface area contributed by atoms with Crippen molar-refractivity contribution in [1.82, 2.24) is 4.98 Å². The number of rotatable bonds is 3. The Morgan fingerprint density at radius 3 is 2.55 bits per heavy atom. The molecule has 0 saturated heterocycles. The molecular weight excluding hydrogens is 270 g/mol. The first-order valence-electron chi connectivity index (χ1n) is 7.48. The molecule has 1 heterocycles. The molecule has 22 heavy (non-hydrogen) atoms. The van der Waals surface area contributed by atoms with E-state index in [-0.39, 0.29) is 0 Å². The van der Waals surface area contributed by atoms with Gasteiger partial charge in [0.05, 0.1) is 0 Å². The lowest BCUT2D eigenvalue weighted by atomic mass is 10.1. The predicted octanol–water partition coefficient (Wildman–Crippen LogP) is 5.21. The monoisotopic (exact) mass is 287 g/mol. The van der Waals surface area contributed by atoms with E-state index in [4.69, 9.17) is 4.74 Å². The Bertz CT molecular complexity index is 938. The van der Waals surface area contributed by atoms with E-state index >= 15 is 0 Å². The molecule has 0 amide bonds. The summed E-state index contributed by atoms with van der Waals surface area (Å²) in [6, 6.07) is 23.0. The van der Waals surface area contributed by atoms with Gasteiger partial charge in [0.2, 0.25) is 0 Å². The van der Waals surface area contributed by atoms with E-state index in [9.17, 15) is 0 Å². The van der Waals surface area contributed by atoms with Gasteiger partial charge in [-0.3, -0.25) is 0 Å². The van der Waals surface area contributed by atoms with Crippen molar-refractivity contribution in [3.8, 4) is 5.75 Å². The molecule has 0 atom stereocenters. The number of benzene rings is 3. The van der Waals surface area contributed by atoms with E-state index in [1.807, 2.05) is 24.3 Å². The van der Waals surface area contributed by atoms with Gasteiger partial charge in [-0.25, -0.2) is 0 Å². The minimum Gasteiger partial charge on any atom is -0.489 e. The minimum absolute atomic E-state index is 0.591. The van der Waals surface area contributed by atoms with Gasteiger partial charge in [-0.05, 0) is 42.3 Å². The number of hydrogen-bond donors (Lipinski definition) is 1. The molecule has 1 aromatic heterocycles. The first-order chi connectivity index (χ1) is 10.8. The third-order valence-electron chi connectivity index (χ3n) is 3.97. The van der Waals surface area contributed by atoms with E-state index in [0.29, 0.717) is 6.61 Å². The van der Waals surface area contributed by atoms with Gasteiger partial charge in [0.1, 0.15) is 12.4 Å². The van der Waals surface area contributed by atoms with E-state index < -0.39 is 0 Å². The highest BCUT2D eigenvalue weighted by Crippen LogP contribution is 2.29. The van der Waals surface area contributed by atoms with Crippen molar-refractivity contribution in [2.75, 3.05) is 0 Å². The Hall–Kier alpha value is -2.74. The quantitative estimate of drug-likeness (QED) is 0.550. The smallest absolute Gasteiger partial charge is 0.120 e. The standard InChI is InChI=1S/C20H17NO/c1-14-7-9-17-18-12-16(8-10-19(18)21-20(17)11-14)22-13-15-5-3-2-4-6-15/h2-12,21H,13H2,1H3. The molecule has 0 radical (unpaired) electrons. The molecule has 108 valence electrons. The van der Waals surface area contributed by atoms with Crippen LogP contribution in [0.3, 0.4) is 0 Å². The van der Waals surface area contributed by atoms with Crippen LogP contribution in [-0.2, 0) is 6.61 Å². The highest BCUT2D eigenvalue weighted by molar-refractivity contribution is 6.07. The predicted molar refractivity (Wildman–Crippen MR) is 91.3 cm³/mol. The second-order valence-corrected chi connectivity index (χ2v) is 5.66. The maximum atomic E-state index is 5.93. The summed E-state index contributed by atoms with van der Waals surface area (Å²) < 4.78 is 5.93. The van der Waals surface area contributed by atoms with Crippen molar-refractivity contribution in [1.29, 1.82) is 0 Å². The summed E-state index contributed by atoms with van der Waals surface area (Å²) in [7, 11) is 0. The molecule has 0 fully saturated rings. The molecule has 0 aliphatic heterocycles. The van der Waals surface area contributed by atoms with Crippen LogP contribution in [0, 0.1) is 6.92 Å². The number of hydrogen-bond acceptors (Lipinski definition) is 1. The largest absolute Gasteiger partial charge is 0.489 e. The van der Waals surface area contributed by atoms with Gasteiger partial charge >= 0.3 is 0 Å². The maximum Gasteiger partial charge on any atom is 0.120 e. The van der Waals surface area contributed by atoms with Crippen LogP contribution in [0.1, 0.15) is 11.1 Å². The summed E-state index contributed by atoms with van der Waals surface area (Å²) in [5, 5.41) is 2.45. The van der Waals surface area contributed by atoms with Crippen LogP contribution in [0.25, 0.3) is 21.8 Å². The van der Waals surface area contributed by atoms with Crippen LogP contribution < -0.4 is 4.74 Å². The van der Waals surface area contributed by atoms with Crippen LogP contribution in [0.15, 0.2) is 66.7 Å². The van der Waals surface area contributed by atoms with Crippen LogP contribution in [0.2, 0.25) is 0 Å². The number of aryl methyl sites for hydroxylation is 1. The maximum absolute atomic E-state index is 5.93. The SMILES string of the molecule is Cc1ccc2c(c1)[nH]c1ccc(OCc3ccccc3)cc12. The number of ether oxygens (including phenoxy) is 1. The molecule has 3 aromatic carbocycles. The lowest BCUT2D eigenvalue weighted by molar-refractivity contribution is 0.306. The van der Waals surface area contributed by atoms with Crippen molar-refractivity contribution in [2.45, 2.75) is 13.5 Å². The average Bonchev–Trinajstić information content (AvgIpc) is 2.90. The summed E-state index contributed by atoms with van der Waals surface area (Å²) in [6.07, 6.45) is 0. The van der Waals surface area contributed by atoms with Crippen molar-refractivity contribution >= 4 is 21.8 Å². The molecule has 0 unspecified atom stereocenters. The Labute approximate surface area is 129 Å². The molecular formula is C20H17NO. The Morgan fingerprint density at radius 2 is 1.68 bits per heavy atom. The van der Waals surface area contributed by atoms with Gasteiger partial charge in [-0.2, -0.15) is 0 Å². The fourth-order valence-electron chi connectivity index (χ4n) is 2.83. The number of aromatic nitrogens is 1. The second kappa shape index (κ2) is 5.23. The first kappa shape index (κ1) is 13.0. The Morgan fingerprint density at radius 1 is 0.818 bits per heavy atom. The summed E-state index contributed by atoms with van der Waals surface area (Å²) in [4.78, 5) is 3.46. The molecule has 0 aliphatic rings. The van der Waals surface area contributed by atoms with Crippen LogP contribution in [-0.4, -0.2) is 4.98 Å². The molecule has 1 N–H and O–H groups in total. The Balaban J connectivity index is 1.69. The number of aromatic amines is 1. The zero-order chi connectivity index (χ0) is 14.9. The summed E-state index contributed by atoms with van der Waals surface area (Å²) in [5.41, 5.74) is 4.76. The summed E-state index contributed by atoms with van der Waals surface area (Å²) >= 11 is 0. The highest BCUT2D eigenvalue weighted by atomic mass is 16.5. The summed E-state index contributed by atoms with van der Waals surface area (Å²) in [6.45, 7) is 2.70. The molecule has 2 heteroatoms. The third-order valence-corrected chi connectivity index (χ3v) is 3.97. The number of H-pyrrole nitrogens is 1. The lowest BCUT2D eigenvalue weighted by Crippen LogP contribution is -1.94. The average molecular weight is 287 g/mol.